The van der Waals surface area contributed by atoms with Crippen LogP contribution in [0, 0.1) is 0 Å². The van der Waals surface area contributed by atoms with Crippen LogP contribution in [0.2, 0.25) is 0 Å². The number of nitrogens with zero attached hydrogens (tertiary/aromatic N) is 3. The summed E-state index contributed by atoms with van der Waals surface area (Å²) in [5.41, 5.74) is 4.07. The minimum atomic E-state index is -0.208. The Balaban J connectivity index is 1.34. The first kappa shape index (κ1) is 26.1. The zero-order valence-electron chi connectivity index (χ0n) is 21.5. The number of rotatable bonds is 10. The number of hydrogen-bond donors (Lipinski definition) is 3. The summed E-state index contributed by atoms with van der Waals surface area (Å²) in [5, 5.41) is 17.5. The maximum Gasteiger partial charge on any atom is 0.306 e. The number of esters is 1. The van der Waals surface area contributed by atoms with Crippen LogP contribution >= 0.6 is 11.3 Å². The number of nitrogens with one attached hydrogen (secondary N) is 2. The van der Waals surface area contributed by atoms with Crippen LogP contribution in [0.25, 0.3) is 10.2 Å². The Morgan fingerprint density at radius 2 is 1.84 bits per heavy atom. The molecule has 9 heteroatoms. The maximum atomic E-state index is 11.7. The fourth-order valence-corrected chi connectivity index (χ4v) is 5.63. The molecule has 0 saturated heterocycles. The number of thiazole rings is 1. The van der Waals surface area contributed by atoms with Gasteiger partial charge in [-0.15, -0.1) is 0 Å². The highest BCUT2D eigenvalue weighted by molar-refractivity contribution is 7.22. The molecule has 4 aromatic rings. The number of fused-ring (bicyclic) bond motifs is 1. The molecule has 2 aromatic heterocycles. The van der Waals surface area contributed by atoms with Crippen molar-refractivity contribution in [2.45, 2.75) is 64.0 Å². The minimum Gasteiger partial charge on any atom is -0.466 e. The summed E-state index contributed by atoms with van der Waals surface area (Å²) in [7, 11) is 0. The zero-order chi connectivity index (χ0) is 26.3. The minimum absolute atomic E-state index is 0.178. The standard InChI is InChI=1S/C29H33N5O3S/c1-2-37-27(36)15-9-20-8-14-24-25(17-20)38-29(32-24)34-26-18-22(16-19-6-4-3-5-7-19)31-28(33-26)30-21-10-12-23(35)13-11-21/h3-8,14,17-18,21,23,35H,2,9-13,15-16H2,1H3,(H2,30,31,32,33,34). The lowest BCUT2D eigenvalue weighted by Gasteiger charge is -2.26. The van der Waals surface area contributed by atoms with Crippen molar-refractivity contribution in [2.75, 3.05) is 17.2 Å². The smallest absolute Gasteiger partial charge is 0.306 e. The van der Waals surface area contributed by atoms with Crippen molar-refractivity contribution >= 4 is 44.4 Å². The normalized spacial score (nSPS) is 17.3. The second-order valence-corrected chi connectivity index (χ2v) is 10.7. The Hall–Kier alpha value is -3.56. The van der Waals surface area contributed by atoms with Gasteiger partial charge in [0.2, 0.25) is 5.95 Å². The summed E-state index contributed by atoms with van der Waals surface area (Å²) in [5.74, 6) is 1.10. The second-order valence-electron chi connectivity index (χ2n) is 9.63. The summed E-state index contributed by atoms with van der Waals surface area (Å²) in [6.45, 7) is 2.22. The summed E-state index contributed by atoms with van der Waals surface area (Å²) >= 11 is 1.56. The van der Waals surface area contributed by atoms with E-state index in [1.807, 2.05) is 43.3 Å². The number of aliphatic hydroxyl groups excluding tert-OH is 1. The van der Waals surface area contributed by atoms with Gasteiger partial charge in [-0.1, -0.05) is 47.7 Å². The van der Waals surface area contributed by atoms with Gasteiger partial charge in [0.15, 0.2) is 5.13 Å². The Morgan fingerprint density at radius 3 is 2.63 bits per heavy atom. The number of aliphatic hydroxyl groups is 1. The number of carbonyl (C=O) groups is 1. The SMILES string of the molecule is CCOC(=O)CCc1ccc2nc(Nc3cc(Cc4ccccc4)nc(NC4CCC(O)CC4)n3)sc2c1. The third-order valence-electron chi connectivity index (χ3n) is 6.65. The Labute approximate surface area is 226 Å². The van der Waals surface area contributed by atoms with Gasteiger partial charge in [0.05, 0.1) is 28.6 Å². The van der Waals surface area contributed by atoms with Gasteiger partial charge < -0.3 is 20.5 Å². The molecular weight excluding hydrogens is 498 g/mol. The van der Waals surface area contributed by atoms with Crippen LogP contribution < -0.4 is 10.6 Å². The van der Waals surface area contributed by atoms with E-state index in [0.29, 0.717) is 37.6 Å². The largest absolute Gasteiger partial charge is 0.466 e. The molecule has 0 radical (unpaired) electrons. The van der Waals surface area contributed by atoms with Gasteiger partial charge in [-0.3, -0.25) is 4.79 Å². The van der Waals surface area contributed by atoms with E-state index in [2.05, 4.69) is 28.8 Å². The van der Waals surface area contributed by atoms with Gasteiger partial charge in [0.1, 0.15) is 5.82 Å². The molecule has 5 rings (SSSR count). The fraction of sp³-hybridized carbons (Fsp3) is 0.379. The first-order chi connectivity index (χ1) is 18.5. The van der Waals surface area contributed by atoms with E-state index in [0.717, 1.165) is 52.3 Å². The molecular formula is C29H33N5O3S. The Kier molecular flexibility index (Phi) is 8.45. The zero-order valence-corrected chi connectivity index (χ0v) is 22.3. The van der Waals surface area contributed by atoms with Gasteiger partial charge in [-0.25, -0.2) is 9.97 Å². The molecule has 0 spiro atoms. The molecule has 8 nitrogen and oxygen atoms in total. The topological polar surface area (TPSA) is 109 Å². The quantitative estimate of drug-likeness (QED) is 0.226. The number of aryl methyl sites for hydroxylation is 1. The Morgan fingerprint density at radius 1 is 1.03 bits per heavy atom. The van der Waals surface area contributed by atoms with Crippen LogP contribution in [-0.2, 0) is 22.4 Å². The van der Waals surface area contributed by atoms with E-state index in [9.17, 15) is 9.90 Å². The van der Waals surface area contributed by atoms with Crippen LogP contribution in [0.5, 0.6) is 0 Å². The predicted molar refractivity (Wildman–Crippen MR) is 151 cm³/mol. The van der Waals surface area contributed by atoms with Crippen LogP contribution in [-0.4, -0.2) is 44.8 Å². The lowest BCUT2D eigenvalue weighted by Crippen LogP contribution is -2.29. The van der Waals surface area contributed by atoms with Crippen LogP contribution in [0.1, 0.15) is 55.8 Å². The Bertz CT molecular complexity index is 1370. The van der Waals surface area contributed by atoms with E-state index < -0.39 is 0 Å². The van der Waals surface area contributed by atoms with Gasteiger partial charge in [0, 0.05) is 24.9 Å². The molecule has 2 heterocycles. The molecule has 0 atom stereocenters. The maximum absolute atomic E-state index is 11.7. The molecule has 2 aromatic carbocycles. The van der Waals surface area contributed by atoms with Crippen molar-refractivity contribution in [3.05, 3.63) is 71.4 Å². The second kappa shape index (κ2) is 12.3. The van der Waals surface area contributed by atoms with E-state index in [1.165, 1.54) is 5.56 Å². The van der Waals surface area contributed by atoms with Crippen LogP contribution in [0.15, 0.2) is 54.6 Å². The molecule has 1 saturated carbocycles. The number of carbonyl (C=O) groups excluding carboxylic acids is 1. The lowest BCUT2D eigenvalue weighted by molar-refractivity contribution is -0.143. The molecule has 1 fully saturated rings. The predicted octanol–water partition coefficient (Wildman–Crippen LogP) is 5.63. The molecule has 0 amide bonds. The van der Waals surface area contributed by atoms with Crippen molar-refractivity contribution in [2.24, 2.45) is 0 Å². The van der Waals surface area contributed by atoms with E-state index >= 15 is 0 Å². The highest BCUT2D eigenvalue weighted by Crippen LogP contribution is 2.30. The van der Waals surface area contributed by atoms with Gasteiger partial charge in [-0.05, 0) is 62.3 Å². The van der Waals surface area contributed by atoms with Crippen molar-refractivity contribution in [1.82, 2.24) is 15.0 Å². The average Bonchev–Trinajstić information content (AvgIpc) is 3.31. The summed E-state index contributed by atoms with van der Waals surface area (Å²) < 4.78 is 6.09. The molecule has 0 unspecified atom stereocenters. The number of aromatic nitrogens is 3. The number of ether oxygens (including phenoxy) is 1. The lowest BCUT2D eigenvalue weighted by atomic mass is 9.93. The van der Waals surface area contributed by atoms with Gasteiger partial charge in [-0.2, -0.15) is 4.98 Å². The van der Waals surface area contributed by atoms with E-state index in [-0.39, 0.29) is 18.1 Å². The highest BCUT2D eigenvalue weighted by Gasteiger charge is 2.20. The number of hydrogen-bond acceptors (Lipinski definition) is 9. The van der Waals surface area contributed by atoms with Crippen LogP contribution in [0.4, 0.5) is 16.9 Å². The molecule has 1 aliphatic rings. The first-order valence-electron chi connectivity index (χ1n) is 13.2. The van der Waals surface area contributed by atoms with Crippen molar-refractivity contribution in [3.8, 4) is 0 Å². The van der Waals surface area contributed by atoms with E-state index in [1.54, 1.807) is 11.3 Å². The first-order valence-corrected chi connectivity index (χ1v) is 14.0. The molecule has 3 N–H and O–H groups in total. The molecule has 1 aliphatic carbocycles. The average molecular weight is 532 g/mol. The van der Waals surface area contributed by atoms with Crippen molar-refractivity contribution in [3.63, 3.8) is 0 Å². The summed E-state index contributed by atoms with van der Waals surface area (Å²) in [4.78, 5) is 26.0. The summed E-state index contributed by atoms with van der Waals surface area (Å²) in [6, 6.07) is 18.6. The highest BCUT2D eigenvalue weighted by atomic mass is 32.1. The summed E-state index contributed by atoms with van der Waals surface area (Å²) in [6.07, 6.45) is 4.86. The number of benzene rings is 2. The molecule has 198 valence electrons. The van der Waals surface area contributed by atoms with Crippen molar-refractivity contribution < 1.29 is 14.6 Å². The van der Waals surface area contributed by atoms with E-state index in [4.69, 9.17) is 19.7 Å². The molecule has 0 bridgehead atoms. The third kappa shape index (κ3) is 7.05. The van der Waals surface area contributed by atoms with Gasteiger partial charge >= 0.3 is 5.97 Å². The molecule has 38 heavy (non-hydrogen) atoms. The third-order valence-corrected chi connectivity index (χ3v) is 7.58. The number of anilines is 3. The monoisotopic (exact) mass is 531 g/mol. The molecule has 0 aliphatic heterocycles. The van der Waals surface area contributed by atoms with Gasteiger partial charge in [0.25, 0.3) is 0 Å². The van der Waals surface area contributed by atoms with Crippen LogP contribution in [0.3, 0.4) is 0 Å². The van der Waals surface area contributed by atoms with Crippen molar-refractivity contribution in [1.29, 1.82) is 0 Å². The fourth-order valence-electron chi connectivity index (χ4n) is 4.69.